The molecule has 0 saturated carbocycles. The molecule has 2 bridgehead atoms. The summed E-state index contributed by atoms with van der Waals surface area (Å²) in [6.07, 6.45) is 3.75. The highest BCUT2D eigenvalue weighted by Crippen LogP contribution is 2.34. The first-order valence-corrected chi connectivity index (χ1v) is 9.82. The van der Waals surface area contributed by atoms with Crippen LogP contribution in [0.4, 0.5) is 10.2 Å². The van der Waals surface area contributed by atoms with Crippen molar-refractivity contribution in [3.8, 4) is 5.75 Å². The Morgan fingerprint density at radius 2 is 1.93 bits per heavy atom. The molecule has 1 aromatic carbocycles. The third-order valence-electron chi connectivity index (χ3n) is 5.58. The zero-order valence-electron chi connectivity index (χ0n) is 16.1. The fourth-order valence-corrected chi connectivity index (χ4v) is 4.38. The van der Waals surface area contributed by atoms with Gasteiger partial charge in [0.1, 0.15) is 12.1 Å². The second kappa shape index (κ2) is 6.81. The van der Waals surface area contributed by atoms with Gasteiger partial charge in [-0.05, 0) is 44.4 Å². The molecule has 2 aromatic rings. The van der Waals surface area contributed by atoms with Crippen LogP contribution in [0, 0.1) is 5.82 Å². The smallest absolute Gasteiger partial charge is 0.165 e. The van der Waals surface area contributed by atoms with E-state index in [-0.39, 0.29) is 17.7 Å². The lowest BCUT2D eigenvalue weighted by Crippen LogP contribution is -2.46. The maximum atomic E-state index is 14.3. The number of hydrogen-bond acceptors (Lipinski definition) is 6. The monoisotopic (exact) mass is 382 g/mol. The number of ether oxygens (including phenoxy) is 2. The van der Waals surface area contributed by atoms with E-state index in [1.807, 2.05) is 19.9 Å². The lowest BCUT2D eigenvalue weighted by molar-refractivity contribution is 0.0902. The maximum absolute atomic E-state index is 14.3. The van der Waals surface area contributed by atoms with E-state index in [0.29, 0.717) is 18.6 Å². The van der Waals surface area contributed by atoms with E-state index in [9.17, 15) is 4.39 Å². The summed E-state index contributed by atoms with van der Waals surface area (Å²) in [4.78, 5) is 16.0. The quantitative estimate of drug-likeness (QED) is 0.813. The van der Waals surface area contributed by atoms with Crippen LogP contribution in [0.25, 0.3) is 0 Å². The molecule has 7 heteroatoms. The van der Waals surface area contributed by atoms with Crippen molar-refractivity contribution in [2.45, 2.75) is 51.4 Å². The summed E-state index contributed by atoms with van der Waals surface area (Å²) in [5.41, 5.74) is 3.27. The van der Waals surface area contributed by atoms with Gasteiger partial charge in [-0.1, -0.05) is 0 Å². The van der Waals surface area contributed by atoms with E-state index in [0.717, 1.165) is 54.4 Å². The highest BCUT2D eigenvalue weighted by molar-refractivity contribution is 6.14. The Hall–Kier alpha value is -2.54. The van der Waals surface area contributed by atoms with Gasteiger partial charge in [-0.3, -0.25) is 4.99 Å². The van der Waals surface area contributed by atoms with E-state index in [1.54, 1.807) is 12.4 Å². The minimum absolute atomic E-state index is 0.100. The maximum Gasteiger partial charge on any atom is 0.165 e. The van der Waals surface area contributed by atoms with Crippen molar-refractivity contribution in [3.63, 3.8) is 0 Å². The molecule has 0 amide bonds. The zero-order valence-corrected chi connectivity index (χ0v) is 16.1. The van der Waals surface area contributed by atoms with E-state index in [4.69, 9.17) is 9.47 Å². The minimum atomic E-state index is -0.350. The summed E-state index contributed by atoms with van der Waals surface area (Å²) in [7, 11) is 0. The van der Waals surface area contributed by atoms with E-state index < -0.39 is 0 Å². The molecule has 2 unspecified atom stereocenters. The van der Waals surface area contributed by atoms with Crippen LogP contribution in [0.3, 0.4) is 0 Å². The van der Waals surface area contributed by atoms with Crippen molar-refractivity contribution in [3.05, 3.63) is 47.2 Å². The first kappa shape index (κ1) is 17.6. The third-order valence-corrected chi connectivity index (χ3v) is 5.58. The molecule has 0 spiro atoms. The molecule has 5 rings (SSSR count). The molecule has 2 atom stereocenters. The molecular weight excluding hydrogens is 359 g/mol. The third kappa shape index (κ3) is 2.94. The highest BCUT2D eigenvalue weighted by atomic mass is 19.1. The molecule has 4 heterocycles. The first-order chi connectivity index (χ1) is 13.6. The van der Waals surface area contributed by atoms with Gasteiger partial charge in [0.05, 0.1) is 49.4 Å². The molecule has 3 aliphatic rings. The highest BCUT2D eigenvalue weighted by Gasteiger charge is 2.38. The average Bonchev–Trinajstić information content (AvgIpc) is 3.19. The van der Waals surface area contributed by atoms with Crippen LogP contribution in [0.5, 0.6) is 5.75 Å². The summed E-state index contributed by atoms with van der Waals surface area (Å²) >= 11 is 0. The van der Waals surface area contributed by atoms with Gasteiger partial charge in [-0.25, -0.2) is 14.4 Å². The van der Waals surface area contributed by atoms with Crippen molar-refractivity contribution in [1.82, 2.24) is 9.97 Å². The van der Waals surface area contributed by atoms with Gasteiger partial charge in [-0.15, -0.1) is 0 Å². The van der Waals surface area contributed by atoms with Gasteiger partial charge in [0.15, 0.2) is 11.6 Å². The van der Waals surface area contributed by atoms with Crippen molar-refractivity contribution in [1.29, 1.82) is 0 Å². The molecule has 0 radical (unpaired) electrons. The fourth-order valence-electron chi connectivity index (χ4n) is 4.38. The summed E-state index contributed by atoms with van der Waals surface area (Å²) in [6.45, 7) is 5.71. The van der Waals surface area contributed by atoms with Crippen LogP contribution >= 0.6 is 0 Å². The first-order valence-electron chi connectivity index (χ1n) is 9.82. The van der Waals surface area contributed by atoms with Gasteiger partial charge >= 0.3 is 0 Å². The summed E-state index contributed by atoms with van der Waals surface area (Å²) in [6, 6.07) is 6.01. The van der Waals surface area contributed by atoms with E-state index in [2.05, 4.69) is 19.9 Å². The van der Waals surface area contributed by atoms with Crippen molar-refractivity contribution >= 4 is 11.5 Å². The van der Waals surface area contributed by atoms with Crippen molar-refractivity contribution < 1.29 is 13.9 Å². The molecule has 1 aromatic heterocycles. The van der Waals surface area contributed by atoms with Crippen LogP contribution in [0.2, 0.25) is 0 Å². The predicted molar refractivity (Wildman–Crippen MR) is 104 cm³/mol. The van der Waals surface area contributed by atoms with Crippen LogP contribution < -0.4 is 9.64 Å². The Kier molecular flexibility index (Phi) is 4.27. The Labute approximate surface area is 163 Å². The van der Waals surface area contributed by atoms with E-state index >= 15 is 0 Å². The minimum Gasteiger partial charge on any atom is -0.488 e. The standard InChI is InChI=1S/C21H23FN4O2/c1-12(2)28-19-6-16-13(5-17(19)22)8-23-21(16)18-7-20(25-11-24-18)26-14-3-4-15(26)10-27-9-14/h5-7,11-12,14-15H,3-4,8-10H2,1-2H3. The Morgan fingerprint density at radius 1 is 1.14 bits per heavy atom. The van der Waals surface area contributed by atoms with Crippen LogP contribution in [0.15, 0.2) is 29.5 Å². The Balaban J connectivity index is 1.49. The molecule has 2 fully saturated rings. The number of rotatable bonds is 4. The predicted octanol–water partition coefficient (Wildman–Crippen LogP) is 3.12. The second-order valence-electron chi connectivity index (χ2n) is 7.86. The summed E-state index contributed by atoms with van der Waals surface area (Å²) in [5.74, 6) is 0.818. The molecule has 2 saturated heterocycles. The summed E-state index contributed by atoms with van der Waals surface area (Å²) in [5, 5.41) is 0. The number of fused-ring (bicyclic) bond motifs is 3. The summed E-state index contributed by atoms with van der Waals surface area (Å²) < 4.78 is 25.6. The topological polar surface area (TPSA) is 59.8 Å². The average molecular weight is 382 g/mol. The number of halogens is 1. The number of aliphatic imine (C=N–C) groups is 1. The van der Waals surface area contributed by atoms with Crippen molar-refractivity contribution in [2.75, 3.05) is 18.1 Å². The van der Waals surface area contributed by atoms with Crippen LogP contribution in [0.1, 0.15) is 43.5 Å². The van der Waals surface area contributed by atoms with Crippen LogP contribution in [-0.2, 0) is 11.3 Å². The number of hydrogen-bond donors (Lipinski definition) is 0. The molecular formula is C21H23FN4O2. The van der Waals surface area contributed by atoms with Gasteiger partial charge in [0, 0.05) is 11.6 Å². The number of anilines is 1. The molecule has 0 N–H and O–H groups in total. The van der Waals surface area contributed by atoms with Crippen LogP contribution in [-0.4, -0.2) is 47.1 Å². The van der Waals surface area contributed by atoms with Crippen molar-refractivity contribution in [2.24, 2.45) is 4.99 Å². The molecule has 0 aliphatic carbocycles. The fraction of sp³-hybridized carbons (Fsp3) is 0.476. The van der Waals surface area contributed by atoms with E-state index in [1.165, 1.54) is 6.07 Å². The number of nitrogens with zero attached hydrogens (tertiary/aromatic N) is 4. The number of morpholine rings is 1. The molecule has 28 heavy (non-hydrogen) atoms. The zero-order chi connectivity index (χ0) is 19.3. The second-order valence-corrected chi connectivity index (χ2v) is 7.86. The van der Waals surface area contributed by atoms with Gasteiger partial charge < -0.3 is 14.4 Å². The molecule has 6 nitrogen and oxygen atoms in total. The largest absolute Gasteiger partial charge is 0.488 e. The van der Waals surface area contributed by atoms with Gasteiger partial charge in [-0.2, -0.15) is 0 Å². The van der Waals surface area contributed by atoms with Gasteiger partial charge in [0.25, 0.3) is 0 Å². The Bertz CT molecular complexity index is 930. The molecule has 146 valence electrons. The molecule has 3 aliphatic heterocycles. The lowest BCUT2D eigenvalue weighted by Gasteiger charge is -2.35. The SMILES string of the molecule is CC(C)Oc1cc2c(cc1F)CN=C2c1cc(N2C3CCC2COC3)ncn1. The number of aromatic nitrogens is 2. The lowest BCUT2D eigenvalue weighted by atomic mass is 10.0. The Morgan fingerprint density at radius 3 is 2.68 bits per heavy atom. The normalized spacial score (nSPS) is 23.1. The van der Waals surface area contributed by atoms with Gasteiger partial charge in [0.2, 0.25) is 0 Å². The number of benzene rings is 1.